The molecule has 0 saturated heterocycles. The maximum atomic E-state index is 13.4. The number of aliphatic hydroxyl groups is 1. The van der Waals surface area contributed by atoms with E-state index >= 15 is 0 Å². The second-order valence-electron chi connectivity index (χ2n) is 4.22. The van der Waals surface area contributed by atoms with Crippen molar-refractivity contribution in [1.82, 2.24) is 0 Å². The lowest BCUT2D eigenvalue weighted by Gasteiger charge is -2.26. The third-order valence-electron chi connectivity index (χ3n) is 2.81. The van der Waals surface area contributed by atoms with Crippen molar-refractivity contribution in [3.63, 3.8) is 0 Å². The molecule has 2 heteroatoms. The first-order valence-electron chi connectivity index (χ1n) is 4.30. The second kappa shape index (κ2) is 2.74. The lowest BCUT2D eigenvalue weighted by atomic mass is 9.88. The molecule has 1 N–H and O–H groups in total. The number of rotatable bonds is 1. The Morgan fingerprint density at radius 2 is 1.91 bits per heavy atom. The molecule has 0 aromatic heterocycles. The zero-order chi connectivity index (χ0) is 8.65. The lowest BCUT2D eigenvalue weighted by molar-refractivity contribution is 0.0147. The molecule has 1 rings (SSSR count). The van der Waals surface area contributed by atoms with Gasteiger partial charge in [0.25, 0.3) is 0 Å². The molecule has 66 valence electrons. The number of alkyl halides is 1. The average Bonchev–Trinajstić information content (AvgIpc) is 2.11. The van der Waals surface area contributed by atoms with Gasteiger partial charge in [-0.2, -0.15) is 0 Å². The highest BCUT2D eigenvalue weighted by atomic mass is 19.1. The second-order valence-corrected chi connectivity index (χ2v) is 4.22. The highest BCUT2D eigenvalue weighted by molar-refractivity contribution is 4.91. The summed E-state index contributed by atoms with van der Waals surface area (Å²) < 4.78 is 13.4. The third kappa shape index (κ3) is 1.73. The van der Waals surface area contributed by atoms with E-state index in [-0.39, 0.29) is 11.8 Å². The van der Waals surface area contributed by atoms with E-state index in [1.807, 2.05) is 6.92 Å². The molecule has 1 aliphatic carbocycles. The summed E-state index contributed by atoms with van der Waals surface area (Å²) >= 11 is 0. The maximum Gasteiger partial charge on any atom is 0.110 e. The van der Waals surface area contributed by atoms with Crippen LogP contribution in [0.4, 0.5) is 4.39 Å². The molecule has 1 fully saturated rings. The molecule has 0 aromatic rings. The predicted molar refractivity (Wildman–Crippen MR) is 43.1 cm³/mol. The van der Waals surface area contributed by atoms with Crippen molar-refractivity contribution < 1.29 is 9.50 Å². The van der Waals surface area contributed by atoms with Crippen LogP contribution in [0.2, 0.25) is 0 Å². The molecule has 0 unspecified atom stereocenters. The van der Waals surface area contributed by atoms with Gasteiger partial charge < -0.3 is 5.11 Å². The first-order valence-corrected chi connectivity index (χ1v) is 4.30. The summed E-state index contributed by atoms with van der Waals surface area (Å²) in [5, 5.41) is 9.55. The SMILES string of the molecule is C[C@@H]1CC[C@@H](C(C)(C)F)[C@@H]1O. The zero-order valence-corrected chi connectivity index (χ0v) is 7.47. The maximum absolute atomic E-state index is 13.4. The summed E-state index contributed by atoms with van der Waals surface area (Å²) in [6.45, 7) is 5.09. The molecular weight excluding hydrogens is 143 g/mol. The van der Waals surface area contributed by atoms with Gasteiger partial charge in [-0.25, -0.2) is 4.39 Å². The smallest absolute Gasteiger partial charge is 0.110 e. The minimum atomic E-state index is -1.22. The highest BCUT2D eigenvalue weighted by Crippen LogP contribution is 2.39. The fraction of sp³-hybridized carbons (Fsp3) is 1.00. The van der Waals surface area contributed by atoms with Crippen molar-refractivity contribution in [2.75, 3.05) is 0 Å². The van der Waals surface area contributed by atoms with E-state index in [0.29, 0.717) is 0 Å². The molecule has 3 atom stereocenters. The quantitative estimate of drug-likeness (QED) is 0.623. The largest absolute Gasteiger partial charge is 0.392 e. The molecule has 1 nitrogen and oxygen atoms in total. The van der Waals surface area contributed by atoms with E-state index in [1.54, 1.807) is 13.8 Å². The van der Waals surface area contributed by atoms with Gasteiger partial charge in [-0.15, -0.1) is 0 Å². The Hall–Kier alpha value is -0.110. The summed E-state index contributed by atoms with van der Waals surface area (Å²) in [4.78, 5) is 0. The van der Waals surface area contributed by atoms with Crippen LogP contribution in [0.5, 0.6) is 0 Å². The minimum absolute atomic E-state index is 0.155. The lowest BCUT2D eigenvalue weighted by Crippen LogP contribution is -2.33. The van der Waals surface area contributed by atoms with Crippen LogP contribution in [-0.4, -0.2) is 16.9 Å². The van der Waals surface area contributed by atoms with Crippen molar-refractivity contribution in [3.05, 3.63) is 0 Å². The molecule has 0 aromatic carbocycles. The van der Waals surface area contributed by atoms with Gasteiger partial charge in [-0.3, -0.25) is 0 Å². The van der Waals surface area contributed by atoms with Crippen LogP contribution >= 0.6 is 0 Å². The van der Waals surface area contributed by atoms with Crippen LogP contribution in [0.15, 0.2) is 0 Å². The number of hydrogen-bond donors (Lipinski definition) is 1. The number of hydrogen-bond acceptors (Lipinski definition) is 1. The van der Waals surface area contributed by atoms with Crippen LogP contribution < -0.4 is 0 Å². The molecule has 11 heavy (non-hydrogen) atoms. The monoisotopic (exact) mass is 160 g/mol. The Kier molecular flexibility index (Phi) is 2.24. The molecule has 1 aliphatic rings. The fourth-order valence-corrected chi connectivity index (χ4v) is 1.93. The van der Waals surface area contributed by atoms with Gasteiger partial charge in [0.15, 0.2) is 0 Å². The van der Waals surface area contributed by atoms with Gasteiger partial charge >= 0.3 is 0 Å². The van der Waals surface area contributed by atoms with Gasteiger partial charge in [0.05, 0.1) is 6.10 Å². The van der Waals surface area contributed by atoms with Gasteiger partial charge in [0.1, 0.15) is 5.67 Å². The van der Waals surface area contributed by atoms with Crippen molar-refractivity contribution in [2.45, 2.75) is 45.4 Å². The normalized spacial score (nSPS) is 39.5. The van der Waals surface area contributed by atoms with E-state index in [1.165, 1.54) is 0 Å². The molecule has 1 saturated carbocycles. The molecule has 0 aliphatic heterocycles. The first kappa shape index (κ1) is 8.98. The zero-order valence-electron chi connectivity index (χ0n) is 7.47. The van der Waals surface area contributed by atoms with E-state index in [2.05, 4.69) is 0 Å². The van der Waals surface area contributed by atoms with Crippen LogP contribution in [0.1, 0.15) is 33.6 Å². The van der Waals surface area contributed by atoms with Crippen molar-refractivity contribution in [1.29, 1.82) is 0 Å². The van der Waals surface area contributed by atoms with Gasteiger partial charge in [0, 0.05) is 5.92 Å². The van der Waals surface area contributed by atoms with Crippen molar-refractivity contribution in [3.8, 4) is 0 Å². The molecular formula is C9H17FO. The third-order valence-corrected chi connectivity index (χ3v) is 2.81. The van der Waals surface area contributed by atoms with E-state index in [9.17, 15) is 9.50 Å². The molecule has 0 spiro atoms. The summed E-state index contributed by atoms with van der Waals surface area (Å²) in [6.07, 6.45) is 1.35. The van der Waals surface area contributed by atoms with Crippen LogP contribution in [0.3, 0.4) is 0 Å². The first-order chi connectivity index (χ1) is 4.93. The summed E-state index contributed by atoms with van der Waals surface area (Å²) in [7, 11) is 0. The fourth-order valence-electron chi connectivity index (χ4n) is 1.93. The number of aliphatic hydroxyl groups excluding tert-OH is 1. The standard InChI is InChI=1S/C9H17FO/c1-6-4-5-7(8(6)11)9(2,3)10/h6-8,11H,4-5H2,1-3H3/t6-,7-,8-/m1/s1. The van der Waals surface area contributed by atoms with Crippen molar-refractivity contribution in [2.24, 2.45) is 11.8 Å². The molecule has 0 radical (unpaired) electrons. The Balaban J connectivity index is 2.62. The van der Waals surface area contributed by atoms with E-state index in [4.69, 9.17) is 0 Å². The van der Waals surface area contributed by atoms with Crippen LogP contribution in [-0.2, 0) is 0 Å². The van der Waals surface area contributed by atoms with E-state index in [0.717, 1.165) is 12.8 Å². The predicted octanol–water partition coefficient (Wildman–Crippen LogP) is 2.14. The molecule has 0 bridgehead atoms. The Bertz CT molecular complexity index is 139. The highest BCUT2D eigenvalue weighted by Gasteiger charge is 2.41. The van der Waals surface area contributed by atoms with Crippen molar-refractivity contribution >= 4 is 0 Å². The van der Waals surface area contributed by atoms with Gasteiger partial charge in [-0.05, 0) is 32.6 Å². The molecule has 0 amide bonds. The van der Waals surface area contributed by atoms with Crippen LogP contribution in [0, 0.1) is 11.8 Å². The Labute approximate surface area is 67.6 Å². The summed E-state index contributed by atoms with van der Waals surface area (Å²) in [6, 6.07) is 0. The Morgan fingerprint density at radius 3 is 2.09 bits per heavy atom. The van der Waals surface area contributed by atoms with E-state index < -0.39 is 11.8 Å². The van der Waals surface area contributed by atoms with Gasteiger partial charge in [-0.1, -0.05) is 6.92 Å². The average molecular weight is 160 g/mol. The molecule has 0 heterocycles. The van der Waals surface area contributed by atoms with Gasteiger partial charge in [0.2, 0.25) is 0 Å². The summed E-state index contributed by atoms with van der Waals surface area (Å²) in [5.41, 5.74) is -1.22. The Morgan fingerprint density at radius 1 is 1.36 bits per heavy atom. The van der Waals surface area contributed by atoms with Crippen LogP contribution in [0.25, 0.3) is 0 Å². The number of halogens is 1. The summed E-state index contributed by atoms with van der Waals surface area (Å²) in [5.74, 6) is 0.118. The topological polar surface area (TPSA) is 20.2 Å². The minimum Gasteiger partial charge on any atom is -0.392 e.